The number of carbonyl (C=O) groups is 1. The van der Waals surface area contributed by atoms with E-state index in [4.69, 9.17) is 30.3 Å². The lowest BCUT2D eigenvalue weighted by atomic mass is 10.1. The molecular weight excluding hydrogens is 450 g/mol. The number of benzene rings is 2. The minimum atomic E-state index is -1.01. The number of halogens is 1. The summed E-state index contributed by atoms with van der Waals surface area (Å²) < 4.78 is 16.9. The molecule has 0 amide bonds. The highest BCUT2D eigenvalue weighted by Crippen LogP contribution is 2.21. The molecule has 9 nitrogen and oxygen atoms in total. The molecule has 0 aliphatic heterocycles. The summed E-state index contributed by atoms with van der Waals surface area (Å²) in [6.45, 7) is 4.22. The Balaban J connectivity index is 1.72. The molecule has 0 aliphatic carbocycles. The standard InChI is InChI=1S/C23H24ClN3O6/c1-3-30-20(23(28)29)13-15-6-5-7-18(12-15)31-14-19(27-32-4-2)22-26-25-21(33-22)16-8-10-17(24)11-9-16/h5-12,20H,3-4,13-14H2,1-2H3,(H,28,29). The molecule has 0 radical (unpaired) electrons. The number of carboxylic acids is 1. The number of hydrogen-bond donors (Lipinski definition) is 1. The quantitative estimate of drug-likeness (QED) is 0.306. The minimum Gasteiger partial charge on any atom is -0.487 e. The predicted molar refractivity (Wildman–Crippen MR) is 122 cm³/mol. The first-order valence-electron chi connectivity index (χ1n) is 10.3. The summed E-state index contributed by atoms with van der Waals surface area (Å²) >= 11 is 5.93. The van der Waals surface area contributed by atoms with Gasteiger partial charge in [-0.15, -0.1) is 10.2 Å². The Morgan fingerprint density at radius 3 is 2.64 bits per heavy atom. The Morgan fingerprint density at radius 2 is 1.94 bits per heavy atom. The van der Waals surface area contributed by atoms with Gasteiger partial charge in [-0.05, 0) is 55.8 Å². The van der Waals surface area contributed by atoms with E-state index in [1.165, 1.54) is 0 Å². The molecule has 2 aromatic carbocycles. The molecule has 3 rings (SSSR count). The van der Waals surface area contributed by atoms with Crippen molar-refractivity contribution in [3.8, 4) is 17.2 Å². The Hall–Kier alpha value is -3.43. The number of rotatable bonds is 12. The van der Waals surface area contributed by atoms with Crippen molar-refractivity contribution in [2.45, 2.75) is 26.4 Å². The number of carboxylic acid groups (broad SMARTS) is 1. The van der Waals surface area contributed by atoms with E-state index >= 15 is 0 Å². The molecule has 0 fully saturated rings. The van der Waals surface area contributed by atoms with E-state index in [1.807, 2.05) is 6.07 Å². The van der Waals surface area contributed by atoms with Crippen LogP contribution in [0.3, 0.4) is 0 Å². The van der Waals surface area contributed by atoms with Crippen molar-refractivity contribution in [3.05, 3.63) is 65.0 Å². The highest BCUT2D eigenvalue weighted by atomic mass is 35.5. The molecule has 1 heterocycles. The van der Waals surface area contributed by atoms with E-state index in [1.54, 1.807) is 56.3 Å². The van der Waals surface area contributed by atoms with E-state index in [9.17, 15) is 9.90 Å². The van der Waals surface area contributed by atoms with Crippen LogP contribution in [0.1, 0.15) is 25.3 Å². The minimum absolute atomic E-state index is 0.000473. The van der Waals surface area contributed by atoms with Gasteiger partial charge in [-0.3, -0.25) is 0 Å². The van der Waals surface area contributed by atoms with Crippen LogP contribution < -0.4 is 4.74 Å². The van der Waals surface area contributed by atoms with Crippen molar-refractivity contribution in [1.29, 1.82) is 0 Å². The van der Waals surface area contributed by atoms with E-state index in [2.05, 4.69) is 15.4 Å². The SMILES string of the molecule is CCON=C(COc1cccc(CC(OCC)C(=O)O)c1)c1nnc(-c2ccc(Cl)cc2)o1. The first-order chi connectivity index (χ1) is 16.0. The molecule has 0 spiro atoms. The summed E-state index contributed by atoms with van der Waals surface area (Å²) in [5, 5.41) is 22.1. The number of oxime groups is 1. The second-order valence-corrected chi connectivity index (χ2v) is 7.23. The zero-order valence-electron chi connectivity index (χ0n) is 18.2. The zero-order valence-corrected chi connectivity index (χ0v) is 19.0. The molecule has 10 heteroatoms. The molecule has 33 heavy (non-hydrogen) atoms. The molecule has 0 saturated heterocycles. The smallest absolute Gasteiger partial charge is 0.333 e. The van der Waals surface area contributed by atoms with Gasteiger partial charge in [-0.2, -0.15) is 0 Å². The first kappa shape index (κ1) is 24.2. The highest BCUT2D eigenvalue weighted by Gasteiger charge is 2.19. The molecule has 174 valence electrons. The Bertz CT molecular complexity index is 1080. The lowest BCUT2D eigenvalue weighted by Gasteiger charge is -2.13. The molecule has 1 N–H and O–H groups in total. The number of aromatic nitrogens is 2. The molecule has 1 atom stereocenters. The molecule has 0 aliphatic rings. The van der Waals surface area contributed by atoms with Crippen molar-refractivity contribution in [3.63, 3.8) is 0 Å². The second-order valence-electron chi connectivity index (χ2n) is 6.80. The summed E-state index contributed by atoms with van der Waals surface area (Å²) in [4.78, 5) is 16.5. The van der Waals surface area contributed by atoms with Gasteiger partial charge in [0, 0.05) is 23.6 Å². The van der Waals surface area contributed by atoms with Gasteiger partial charge in [0.05, 0.1) is 0 Å². The summed E-state index contributed by atoms with van der Waals surface area (Å²) in [6, 6.07) is 14.1. The van der Waals surface area contributed by atoms with Crippen LogP contribution in [-0.2, 0) is 20.8 Å². The largest absolute Gasteiger partial charge is 0.487 e. The summed E-state index contributed by atoms with van der Waals surface area (Å²) in [5.41, 5.74) is 1.79. The van der Waals surface area contributed by atoms with Gasteiger partial charge in [0.2, 0.25) is 5.89 Å². The van der Waals surface area contributed by atoms with Crippen LogP contribution in [0.4, 0.5) is 0 Å². The lowest BCUT2D eigenvalue weighted by molar-refractivity contribution is -0.149. The van der Waals surface area contributed by atoms with Crippen LogP contribution in [0, 0.1) is 0 Å². The number of hydrogen-bond acceptors (Lipinski definition) is 8. The van der Waals surface area contributed by atoms with E-state index in [-0.39, 0.29) is 18.9 Å². The van der Waals surface area contributed by atoms with Gasteiger partial charge >= 0.3 is 5.97 Å². The molecule has 0 bridgehead atoms. The Kier molecular flexibility index (Phi) is 8.79. The van der Waals surface area contributed by atoms with E-state index in [0.717, 1.165) is 5.56 Å². The maximum Gasteiger partial charge on any atom is 0.333 e. The van der Waals surface area contributed by atoms with Crippen molar-refractivity contribution in [2.75, 3.05) is 19.8 Å². The van der Waals surface area contributed by atoms with Crippen LogP contribution >= 0.6 is 11.6 Å². The highest BCUT2D eigenvalue weighted by molar-refractivity contribution is 6.30. The fraction of sp³-hybridized carbons (Fsp3) is 0.304. The summed E-state index contributed by atoms with van der Waals surface area (Å²) in [7, 11) is 0. The topological polar surface area (TPSA) is 116 Å². The lowest BCUT2D eigenvalue weighted by Crippen LogP contribution is -2.26. The number of ether oxygens (including phenoxy) is 2. The van der Waals surface area contributed by atoms with Crippen LogP contribution in [0.5, 0.6) is 5.75 Å². The van der Waals surface area contributed by atoms with Crippen molar-refractivity contribution < 1.29 is 28.6 Å². The van der Waals surface area contributed by atoms with Crippen LogP contribution in [-0.4, -0.2) is 52.9 Å². The first-order valence-corrected chi connectivity index (χ1v) is 10.7. The monoisotopic (exact) mass is 473 g/mol. The normalized spacial score (nSPS) is 12.4. The average Bonchev–Trinajstić information content (AvgIpc) is 3.29. The molecule has 1 aromatic heterocycles. The van der Waals surface area contributed by atoms with Crippen LogP contribution in [0.15, 0.2) is 58.1 Å². The molecule has 1 unspecified atom stereocenters. The number of nitrogens with zero attached hydrogens (tertiary/aromatic N) is 3. The van der Waals surface area contributed by atoms with Crippen LogP contribution in [0.25, 0.3) is 11.5 Å². The van der Waals surface area contributed by atoms with E-state index < -0.39 is 12.1 Å². The van der Waals surface area contributed by atoms with Gasteiger partial charge in [-0.25, -0.2) is 4.79 Å². The summed E-state index contributed by atoms with van der Waals surface area (Å²) in [6.07, 6.45) is -0.709. The third-order valence-corrected chi connectivity index (χ3v) is 4.66. The Morgan fingerprint density at radius 1 is 1.15 bits per heavy atom. The van der Waals surface area contributed by atoms with Gasteiger partial charge in [-0.1, -0.05) is 28.9 Å². The zero-order chi connectivity index (χ0) is 23.6. The summed E-state index contributed by atoms with van der Waals surface area (Å²) in [5.74, 6) is -0.0210. The maximum atomic E-state index is 11.4. The third-order valence-electron chi connectivity index (χ3n) is 4.41. The van der Waals surface area contributed by atoms with Gasteiger partial charge < -0.3 is 23.8 Å². The molecule has 0 saturated carbocycles. The van der Waals surface area contributed by atoms with Crippen molar-refractivity contribution in [2.24, 2.45) is 5.16 Å². The third kappa shape index (κ3) is 7.03. The van der Waals surface area contributed by atoms with Crippen molar-refractivity contribution >= 4 is 23.3 Å². The van der Waals surface area contributed by atoms with Crippen molar-refractivity contribution in [1.82, 2.24) is 10.2 Å². The fourth-order valence-corrected chi connectivity index (χ4v) is 2.99. The average molecular weight is 474 g/mol. The van der Waals surface area contributed by atoms with Crippen LogP contribution in [0.2, 0.25) is 5.02 Å². The molecule has 3 aromatic rings. The maximum absolute atomic E-state index is 11.4. The van der Waals surface area contributed by atoms with Gasteiger partial charge in [0.15, 0.2) is 11.8 Å². The Labute approximate surface area is 195 Å². The molecular formula is C23H24ClN3O6. The second kappa shape index (κ2) is 12.0. The van der Waals surface area contributed by atoms with Gasteiger partial charge in [0.25, 0.3) is 5.89 Å². The number of aliphatic carboxylic acids is 1. The fourth-order valence-electron chi connectivity index (χ4n) is 2.87. The van der Waals surface area contributed by atoms with E-state index in [0.29, 0.717) is 41.2 Å². The predicted octanol–water partition coefficient (Wildman–Crippen LogP) is 4.24. The van der Waals surface area contributed by atoms with Gasteiger partial charge in [0.1, 0.15) is 19.0 Å².